The first kappa shape index (κ1) is 17.8. The average Bonchev–Trinajstić information content (AvgIpc) is 3.09. The van der Waals surface area contributed by atoms with Crippen molar-refractivity contribution in [1.29, 1.82) is 0 Å². The van der Waals surface area contributed by atoms with E-state index in [-0.39, 0.29) is 0 Å². The van der Waals surface area contributed by atoms with E-state index in [4.69, 9.17) is 9.84 Å². The first-order chi connectivity index (χ1) is 12.7. The van der Waals surface area contributed by atoms with E-state index in [2.05, 4.69) is 16.6 Å². The summed E-state index contributed by atoms with van der Waals surface area (Å²) in [7, 11) is 1.67. The van der Waals surface area contributed by atoms with Gasteiger partial charge in [0.15, 0.2) is 0 Å². The second-order valence-electron chi connectivity index (χ2n) is 5.47. The molecule has 0 spiro atoms. The van der Waals surface area contributed by atoms with Crippen LogP contribution in [0.15, 0.2) is 76.9 Å². The van der Waals surface area contributed by atoms with Gasteiger partial charge in [0.25, 0.3) is 0 Å². The lowest BCUT2D eigenvalue weighted by Crippen LogP contribution is -2.14. The largest absolute Gasteiger partial charge is 0.496 e. The molecule has 0 amide bonds. The molecule has 0 radical (unpaired) electrons. The molecule has 0 aliphatic carbocycles. The third-order valence-electron chi connectivity index (χ3n) is 3.75. The van der Waals surface area contributed by atoms with Gasteiger partial charge in [-0.1, -0.05) is 24.3 Å². The number of ether oxygens (including phenoxy) is 1. The van der Waals surface area contributed by atoms with Crippen molar-refractivity contribution in [3.05, 3.63) is 77.2 Å². The Kier molecular flexibility index (Phi) is 5.76. The summed E-state index contributed by atoms with van der Waals surface area (Å²) in [6, 6.07) is 11.8. The SMILES string of the molecule is C=CCN=c1scc(-c2ccccc2OC)n1N=C(C)c1cccnc1. The van der Waals surface area contributed by atoms with Crippen LogP contribution in [0.5, 0.6) is 5.75 Å². The molecule has 0 aliphatic rings. The Hall–Kier alpha value is -2.99. The summed E-state index contributed by atoms with van der Waals surface area (Å²) in [6.45, 7) is 6.24. The molecule has 2 heterocycles. The predicted molar refractivity (Wildman–Crippen MR) is 107 cm³/mol. The summed E-state index contributed by atoms with van der Waals surface area (Å²) in [5.74, 6) is 0.795. The van der Waals surface area contributed by atoms with Crippen molar-refractivity contribution in [2.45, 2.75) is 6.92 Å². The van der Waals surface area contributed by atoms with Crippen LogP contribution in [0.25, 0.3) is 11.3 Å². The van der Waals surface area contributed by atoms with Crippen LogP contribution in [0.4, 0.5) is 0 Å². The zero-order chi connectivity index (χ0) is 18.4. The fourth-order valence-corrected chi connectivity index (χ4v) is 3.31. The number of hydrogen-bond acceptors (Lipinski definition) is 5. The molecule has 5 nitrogen and oxygen atoms in total. The maximum absolute atomic E-state index is 5.52. The standard InChI is InChI=1S/C20H20N4OS/c1-4-11-22-20-24(23-15(2)16-8-7-12-21-13-16)18(14-26-20)17-9-5-6-10-19(17)25-3/h4-10,12-14H,1,11H2,2-3H3. The minimum Gasteiger partial charge on any atom is -0.496 e. The molecule has 0 fully saturated rings. The van der Waals surface area contributed by atoms with Crippen molar-refractivity contribution in [2.24, 2.45) is 10.1 Å². The molecule has 2 aromatic heterocycles. The smallest absolute Gasteiger partial charge is 0.206 e. The Bertz CT molecular complexity index is 986. The van der Waals surface area contributed by atoms with Gasteiger partial charge in [0, 0.05) is 28.9 Å². The van der Waals surface area contributed by atoms with Gasteiger partial charge in [-0.05, 0) is 25.1 Å². The van der Waals surface area contributed by atoms with Crippen molar-refractivity contribution in [3.63, 3.8) is 0 Å². The lowest BCUT2D eigenvalue weighted by molar-refractivity contribution is 0.416. The van der Waals surface area contributed by atoms with Gasteiger partial charge in [0.2, 0.25) is 4.80 Å². The highest BCUT2D eigenvalue weighted by atomic mass is 32.1. The van der Waals surface area contributed by atoms with Crippen LogP contribution in [-0.4, -0.2) is 29.0 Å². The van der Waals surface area contributed by atoms with Crippen LogP contribution in [0.3, 0.4) is 0 Å². The van der Waals surface area contributed by atoms with Gasteiger partial charge in [-0.25, -0.2) is 4.68 Å². The maximum Gasteiger partial charge on any atom is 0.206 e. The van der Waals surface area contributed by atoms with Gasteiger partial charge in [0.05, 0.1) is 25.1 Å². The lowest BCUT2D eigenvalue weighted by Gasteiger charge is -2.09. The van der Waals surface area contributed by atoms with Crippen molar-refractivity contribution in [2.75, 3.05) is 13.7 Å². The minimum atomic E-state index is 0.535. The first-order valence-corrected chi connectivity index (χ1v) is 9.04. The molecule has 6 heteroatoms. The summed E-state index contributed by atoms with van der Waals surface area (Å²) in [5, 5.41) is 6.86. The zero-order valence-electron chi connectivity index (χ0n) is 14.8. The molecule has 0 saturated carbocycles. The molecule has 0 N–H and O–H groups in total. The fraction of sp³-hybridized carbons (Fsp3) is 0.150. The number of hydrogen-bond donors (Lipinski definition) is 0. The molecule has 1 aromatic carbocycles. The molecule has 3 rings (SSSR count). The normalized spacial score (nSPS) is 12.2. The molecule has 0 bridgehead atoms. The Labute approximate surface area is 156 Å². The molecule has 0 saturated heterocycles. The third kappa shape index (κ3) is 3.81. The van der Waals surface area contributed by atoms with E-state index < -0.39 is 0 Å². The van der Waals surface area contributed by atoms with Crippen LogP contribution in [0.2, 0.25) is 0 Å². The molecule has 0 atom stereocenters. The predicted octanol–water partition coefficient (Wildman–Crippen LogP) is 3.98. The number of nitrogens with zero attached hydrogens (tertiary/aromatic N) is 4. The number of benzene rings is 1. The van der Waals surface area contributed by atoms with Gasteiger partial charge in [-0.3, -0.25) is 9.98 Å². The summed E-state index contributed by atoms with van der Waals surface area (Å²) in [4.78, 5) is 9.54. The first-order valence-electron chi connectivity index (χ1n) is 8.16. The van der Waals surface area contributed by atoms with E-state index in [0.29, 0.717) is 6.54 Å². The van der Waals surface area contributed by atoms with Gasteiger partial charge < -0.3 is 4.74 Å². The highest BCUT2D eigenvalue weighted by Crippen LogP contribution is 2.30. The Morgan fingerprint density at radius 3 is 2.88 bits per heavy atom. The second kappa shape index (κ2) is 8.40. The third-order valence-corrected chi connectivity index (χ3v) is 4.61. The second-order valence-corrected chi connectivity index (χ2v) is 6.31. The van der Waals surface area contributed by atoms with E-state index in [1.54, 1.807) is 25.6 Å². The molecule has 0 unspecified atom stereocenters. The zero-order valence-corrected chi connectivity index (χ0v) is 15.6. The van der Waals surface area contributed by atoms with Gasteiger partial charge >= 0.3 is 0 Å². The maximum atomic E-state index is 5.52. The number of pyridine rings is 1. The van der Waals surface area contributed by atoms with Crippen molar-refractivity contribution in [1.82, 2.24) is 9.66 Å². The number of aromatic nitrogens is 2. The average molecular weight is 364 g/mol. The van der Waals surface area contributed by atoms with Crippen molar-refractivity contribution < 1.29 is 4.74 Å². The van der Waals surface area contributed by atoms with E-state index >= 15 is 0 Å². The Morgan fingerprint density at radius 2 is 2.15 bits per heavy atom. The quantitative estimate of drug-likeness (QED) is 0.491. The van der Waals surface area contributed by atoms with Gasteiger partial charge in [-0.15, -0.1) is 17.9 Å². The number of methoxy groups -OCH3 is 1. The van der Waals surface area contributed by atoms with Crippen LogP contribution < -0.4 is 9.54 Å². The van der Waals surface area contributed by atoms with E-state index in [1.165, 1.54) is 11.3 Å². The molecule has 132 valence electrons. The highest BCUT2D eigenvalue weighted by Gasteiger charge is 2.12. The van der Waals surface area contributed by atoms with Crippen LogP contribution >= 0.6 is 11.3 Å². The molecule has 26 heavy (non-hydrogen) atoms. The number of para-hydroxylation sites is 1. The monoisotopic (exact) mass is 364 g/mol. The molecular formula is C20H20N4OS. The van der Waals surface area contributed by atoms with Crippen LogP contribution in [-0.2, 0) is 0 Å². The van der Waals surface area contributed by atoms with Gasteiger partial charge in [-0.2, -0.15) is 5.10 Å². The number of rotatable bonds is 6. The van der Waals surface area contributed by atoms with E-state index in [0.717, 1.165) is 33.1 Å². The summed E-state index contributed by atoms with van der Waals surface area (Å²) in [6.07, 6.45) is 5.32. The van der Waals surface area contributed by atoms with Crippen molar-refractivity contribution >= 4 is 17.0 Å². The van der Waals surface area contributed by atoms with Crippen LogP contribution in [0, 0.1) is 0 Å². The number of thiazole rings is 1. The van der Waals surface area contributed by atoms with E-state index in [9.17, 15) is 0 Å². The molecule has 0 aliphatic heterocycles. The molecule has 3 aromatic rings. The Morgan fingerprint density at radius 1 is 1.31 bits per heavy atom. The summed E-state index contributed by atoms with van der Waals surface area (Å²) >= 11 is 1.54. The van der Waals surface area contributed by atoms with E-state index in [1.807, 2.05) is 53.4 Å². The summed E-state index contributed by atoms with van der Waals surface area (Å²) in [5.41, 5.74) is 3.71. The van der Waals surface area contributed by atoms with Crippen LogP contribution in [0.1, 0.15) is 12.5 Å². The molecular weight excluding hydrogens is 344 g/mol. The highest BCUT2D eigenvalue weighted by molar-refractivity contribution is 7.07. The Balaban J connectivity index is 2.18. The topological polar surface area (TPSA) is 51.8 Å². The van der Waals surface area contributed by atoms with Crippen molar-refractivity contribution in [3.8, 4) is 17.0 Å². The lowest BCUT2D eigenvalue weighted by atomic mass is 10.1. The summed E-state index contributed by atoms with van der Waals surface area (Å²) < 4.78 is 7.38. The van der Waals surface area contributed by atoms with Gasteiger partial charge in [0.1, 0.15) is 5.75 Å². The minimum absolute atomic E-state index is 0.535. The fourth-order valence-electron chi connectivity index (χ4n) is 2.47.